The molecule has 2 rings (SSSR count). The Bertz CT molecular complexity index is 574. The van der Waals surface area contributed by atoms with Gasteiger partial charge in [-0.25, -0.2) is 0 Å². The van der Waals surface area contributed by atoms with Gasteiger partial charge in [-0.3, -0.25) is 9.59 Å². The number of aromatic nitrogens is 2. The van der Waals surface area contributed by atoms with Crippen molar-refractivity contribution in [1.82, 2.24) is 10.3 Å². The number of alkyl halides is 1. The summed E-state index contributed by atoms with van der Waals surface area (Å²) in [6.07, 6.45) is 0. The van der Waals surface area contributed by atoms with E-state index in [1.54, 1.807) is 19.1 Å². The molecule has 0 N–H and O–H groups in total. The molecule has 0 bridgehead atoms. The summed E-state index contributed by atoms with van der Waals surface area (Å²) in [5, 5.41) is 7.61. The fourth-order valence-corrected chi connectivity index (χ4v) is 1.34. The van der Waals surface area contributed by atoms with Gasteiger partial charge in [-0.15, -0.1) is 0 Å². The maximum Gasteiger partial charge on any atom is 0.181 e. The van der Waals surface area contributed by atoms with Gasteiger partial charge in [-0.1, -0.05) is 26.2 Å². The number of hydrogen-bond acceptors (Lipinski definition) is 6. The number of aryl methyl sites for hydroxylation is 1. The number of Topliss-reactive ketones (excluding diaryl/α,β-unsaturated/α-hetero) is 2. The van der Waals surface area contributed by atoms with E-state index < -0.39 is 0 Å². The lowest BCUT2D eigenvalue weighted by atomic mass is 10.3. The molecule has 0 amide bonds. The van der Waals surface area contributed by atoms with Crippen LogP contribution in [-0.4, -0.2) is 21.9 Å². The number of carbonyl (C=O) groups excluding carboxylic acids is 2. The third-order valence-electron chi connectivity index (χ3n) is 2.04. The molecule has 2 heterocycles. The maximum absolute atomic E-state index is 10.6. The number of rotatable bonds is 3. The van der Waals surface area contributed by atoms with E-state index in [1.807, 2.05) is 0 Å². The fraction of sp³-hybridized carbons (Fsp3) is 0.333. The number of hydrogen-bond donors (Lipinski definition) is 0. The quantitative estimate of drug-likeness (QED) is 0.636. The molecule has 0 fully saturated rings. The van der Waals surface area contributed by atoms with E-state index in [1.165, 1.54) is 13.8 Å². The molecule has 0 unspecified atom stereocenters. The van der Waals surface area contributed by atoms with Crippen molar-refractivity contribution in [2.75, 3.05) is 0 Å². The molecular formula is C12H13BrN2O4. The average Bonchev–Trinajstić information content (AvgIpc) is 2.97. The van der Waals surface area contributed by atoms with Crippen LogP contribution in [0.5, 0.6) is 0 Å². The predicted octanol–water partition coefficient (Wildman–Crippen LogP) is 2.96. The van der Waals surface area contributed by atoms with E-state index in [0.717, 1.165) is 0 Å². The van der Waals surface area contributed by atoms with Crippen molar-refractivity contribution in [2.45, 2.75) is 26.1 Å². The number of carbonyl (C=O) groups is 2. The third kappa shape index (κ3) is 4.78. The molecule has 0 aliphatic carbocycles. The number of halogens is 1. The molecule has 0 atom stereocenters. The highest BCUT2D eigenvalue weighted by Gasteiger charge is 2.05. The molecule has 102 valence electrons. The van der Waals surface area contributed by atoms with Gasteiger partial charge in [0.25, 0.3) is 0 Å². The normalized spacial score (nSPS) is 9.68. The van der Waals surface area contributed by atoms with Crippen molar-refractivity contribution in [3.05, 3.63) is 35.0 Å². The largest absolute Gasteiger partial charge is 0.361 e. The first kappa shape index (κ1) is 15.3. The molecule has 0 saturated carbocycles. The summed E-state index contributed by atoms with van der Waals surface area (Å²) in [7, 11) is 0. The van der Waals surface area contributed by atoms with Crippen molar-refractivity contribution in [2.24, 2.45) is 0 Å². The Hall–Kier alpha value is -1.76. The summed E-state index contributed by atoms with van der Waals surface area (Å²) in [6, 6.07) is 3.24. The molecule has 19 heavy (non-hydrogen) atoms. The Balaban J connectivity index is 0.000000191. The molecule has 0 aliphatic heterocycles. The number of nitrogens with zero attached hydrogens (tertiary/aromatic N) is 2. The second-order valence-electron chi connectivity index (χ2n) is 3.75. The maximum atomic E-state index is 10.6. The van der Waals surface area contributed by atoms with E-state index in [-0.39, 0.29) is 11.6 Å². The van der Waals surface area contributed by atoms with Gasteiger partial charge in [-0.05, 0) is 6.92 Å². The highest BCUT2D eigenvalue weighted by atomic mass is 79.9. The zero-order chi connectivity index (χ0) is 14.4. The molecule has 7 heteroatoms. The van der Waals surface area contributed by atoms with Gasteiger partial charge in [0.05, 0.1) is 5.33 Å². The minimum absolute atomic E-state index is 0.0631. The molecule has 0 radical (unpaired) electrons. The minimum atomic E-state index is -0.0732. The van der Waals surface area contributed by atoms with Crippen LogP contribution in [0.1, 0.15) is 46.3 Å². The molecule has 0 aliphatic rings. The van der Waals surface area contributed by atoms with E-state index in [4.69, 9.17) is 4.52 Å². The Labute approximate surface area is 118 Å². The Morgan fingerprint density at radius 3 is 1.89 bits per heavy atom. The van der Waals surface area contributed by atoms with Crippen LogP contribution in [0, 0.1) is 6.92 Å². The summed E-state index contributed by atoms with van der Waals surface area (Å²) < 4.78 is 9.41. The Morgan fingerprint density at radius 2 is 1.63 bits per heavy atom. The SMILES string of the molecule is CC(=O)c1cc(C)on1.CC(=O)c1cc(CBr)on1. The topological polar surface area (TPSA) is 86.2 Å². The lowest BCUT2D eigenvalue weighted by Crippen LogP contribution is -1.89. The monoisotopic (exact) mass is 328 g/mol. The molecule has 6 nitrogen and oxygen atoms in total. The summed E-state index contributed by atoms with van der Waals surface area (Å²) >= 11 is 3.17. The van der Waals surface area contributed by atoms with Crippen LogP contribution in [-0.2, 0) is 5.33 Å². The van der Waals surface area contributed by atoms with Gasteiger partial charge in [-0.2, -0.15) is 0 Å². The van der Waals surface area contributed by atoms with Crippen molar-refractivity contribution in [3.8, 4) is 0 Å². The van der Waals surface area contributed by atoms with Crippen molar-refractivity contribution >= 4 is 27.5 Å². The second-order valence-corrected chi connectivity index (χ2v) is 4.31. The summed E-state index contributed by atoms with van der Waals surface area (Å²) in [5.41, 5.74) is 0.780. The van der Waals surface area contributed by atoms with E-state index in [0.29, 0.717) is 28.2 Å². The minimum Gasteiger partial charge on any atom is -0.361 e. The molecule has 2 aromatic rings. The summed E-state index contributed by atoms with van der Waals surface area (Å²) in [5.74, 6) is 1.20. The van der Waals surface area contributed by atoms with Gasteiger partial charge in [0.2, 0.25) is 0 Å². The zero-order valence-corrected chi connectivity index (χ0v) is 12.4. The van der Waals surface area contributed by atoms with Crippen LogP contribution in [0.4, 0.5) is 0 Å². The van der Waals surface area contributed by atoms with Crippen molar-refractivity contribution in [1.29, 1.82) is 0 Å². The van der Waals surface area contributed by atoms with Gasteiger partial charge in [0.1, 0.15) is 22.9 Å². The van der Waals surface area contributed by atoms with Gasteiger partial charge >= 0.3 is 0 Å². The fourth-order valence-electron chi connectivity index (χ4n) is 1.07. The Kier molecular flexibility index (Phi) is 5.62. The van der Waals surface area contributed by atoms with E-state index >= 15 is 0 Å². The zero-order valence-electron chi connectivity index (χ0n) is 10.8. The van der Waals surface area contributed by atoms with Gasteiger partial charge in [0.15, 0.2) is 11.6 Å². The van der Waals surface area contributed by atoms with Crippen LogP contribution in [0.15, 0.2) is 21.2 Å². The number of ketones is 2. The highest BCUT2D eigenvalue weighted by molar-refractivity contribution is 9.08. The van der Waals surface area contributed by atoms with Crippen molar-refractivity contribution < 1.29 is 18.6 Å². The van der Waals surface area contributed by atoms with Crippen LogP contribution >= 0.6 is 15.9 Å². The van der Waals surface area contributed by atoms with Crippen LogP contribution in [0.2, 0.25) is 0 Å². The highest BCUT2D eigenvalue weighted by Crippen LogP contribution is 2.07. The Morgan fingerprint density at radius 1 is 1.11 bits per heavy atom. The lowest BCUT2D eigenvalue weighted by Gasteiger charge is -1.77. The van der Waals surface area contributed by atoms with Gasteiger partial charge in [0, 0.05) is 26.0 Å². The first-order chi connectivity index (χ1) is 8.93. The summed E-state index contributed by atoms with van der Waals surface area (Å²) in [4.78, 5) is 21.2. The van der Waals surface area contributed by atoms with E-state index in [9.17, 15) is 9.59 Å². The summed E-state index contributed by atoms with van der Waals surface area (Å²) in [6.45, 7) is 4.66. The van der Waals surface area contributed by atoms with Gasteiger partial charge < -0.3 is 9.05 Å². The van der Waals surface area contributed by atoms with E-state index in [2.05, 4.69) is 30.8 Å². The first-order valence-electron chi connectivity index (χ1n) is 5.40. The smallest absolute Gasteiger partial charge is 0.181 e. The lowest BCUT2D eigenvalue weighted by molar-refractivity contribution is 0.0996. The molecular weight excluding hydrogens is 316 g/mol. The third-order valence-corrected chi connectivity index (χ3v) is 2.59. The van der Waals surface area contributed by atoms with Crippen LogP contribution in [0.25, 0.3) is 0 Å². The molecule has 0 spiro atoms. The molecule has 0 saturated heterocycles. The van der Waals surface area contributed by atoms with Crippen LogP contribution < -0.4 is 0 Å². The van der Waals surface area contributed by atoms with Crippen molar-refractivity contribution in [3.63, 3.8) is 0 Å². The standard InChI is InChI=1S/C6H6BrNO2.C6H7NO2/c1-4(9)6-2-5(3-7)10-8-6;1-4-3-6(5(2)8)7-9-4/h2H,3H2,1H3;3H,1-2H3. The van der Waals surface area contributed by atoms with Crippen LogP contribution in [0.3, 0.4) is 0 Å². The molecule has 0 aromatic carbocycles. The first-order valence-corrected chi connectivity index (χ1v) is 6.53. The molecule has 2 aromatic heterocycles. The predicted molar refractivity (Wildman–Crippen MR) is 70.4 cm³/mol. The average molecular weight is 329 g/mol. The second kappa shape index (κ2) is 6.98.